The van der Waals surface area contributed by atoms with E-state index in [1.807, 2.05) is 26.2 Å². The summed E-state index contributed by atoms with van der Waals surface area (Å²) >= 11 is 0. The second kappa shape index (κ2) is 5.20. The highest BCUT2D eigenvalue weighted by molar-refractivity contribution is 5.68. The number of carbonyl (C=O) groups is 1. The highest BCUT2D eigenvalue weighted by Gasteiger charge is 2.42. The van der Waals surface area contributed by atoms with Crippen molar-refractivity contribution in [3.05, 3.63) is 53.7 Å². The quantitative estimate of drug-likeness (QED) is 0.908. The fourth-order valence-corrected chi connectivity index (χ4v) is 3.06. The molecule has 1 aliphatic rings. The molecule has 2 N–H and O–H groups in total. The van der Waals surface area contributed by atoms with Crippen molar-refractivity contribution in [2.24, 2.45) is 0 Å². The van der Waals surface area contributed by atoms with Crippen LogP contribution in [0, 0.1) is 5.92 Å². The summed E-state index contributed by atoms with van der Waals surface area (Å²) in [5.41, 5.74) is 2.84. The van der Waals surface area contributed by atoms with E-state index in [4.69, 9.17) is 0 Å². The van der Waals surface area contributed by atoms with E-state index in [0.29, 0.717) is 6.54 Å². The molecule has 2 aromatic rings. The summed E-state index contributed by atoms with van der Waals surface area (Å²) in [5, 5.41) is 9.52. The average Bonchev–Trinajstić information content (AvgIpc) is 3.02. The van der Waals surface area contributed by atoms with Crippen LogP contribution in [0.15, 0.2) is 31.0 Å². The molecule has 3 heterocycles. The van der Waals surface area contributed by atoms with Crippen molar-refractivity contribution >= 4 is 6.09 Å². The fourth-order valence-electron chi connectivity index (χ4n) is 3.06. The maximum absolute atomic E-state index is 11.6. The Balaban J connectivity index is 2.07. The Morgan fingerprint density at radius 3 is 2.86 bits per heavy atom. The molecule has 0 saturated heterocycles. The van der Waals surface area contributed by atoms with Crippen molar-refractivity contribution in [1.82, 2.24) is 19.9 Å². The second-order valence-corrected chi connectivity index (χ2v) is 5.48. The minimum Gasteiger partial charge on any atom is -0.465 e. The maximum atomic E-state index is 11.6. The van der Waals surface area contributed by atoms with E-state index in [9.17, 15) is 9.90 Å². The smallest absolute Gasteiger partial charge is 0.408 e. The van der Waals surface area contributed by atoms with Gasteiger partial charge in [-0.2, -0.15) is 0 Å². The topological polar surface area (TPSA) is 82.1 Å². The van der Waals surface area contributed by atoms with Crippen LogP contribution in [-0.2, 0) is 6.54 Å². The van der Waals surface area contributed by atoms with Gasteiger partial charge >= 0.3 is 6.09 Å². The van der Waals surface area contributed by atoms with Gasteiger partial charge in [0.15, 0.2) is 0 Å². The molecule has 2 unspecified atom stereocenters. The lowest BCUT2D eigenvalue weighted by molar-refractivity contribution is 0.121. The Hall–Kier alpha value is -2.37. The normalized spacial score (nSPS) is 18.8. The third kappa shape index (κ3) is 2.26. The van der Waals surface area contributed by atoms with Crippen LogP contribution >= 0.6 is 0 Å². The Kier molecular flexibility index (Phi) is 3.37. The van der Waals surface area contributed by atoms with Crippen LogP contribution in [0.4, 0.5) is 4.79 Å². The molecule has 6 nitrogen and oxygen atoms in total. The fraction of sp³-hybridized carbons (Fsp3) is 0.333. The lowest BCUT2D eigenvalue weighted by Gasteiger charge is -2.32. The third-order valence-electron chi connectivity index (χ3n) is 3.95. The molecule has 1 amide bonds. The number of nitrogens with one attached hydrogen (secondary N) is 1. The zero-order chi connectivity index (χ0) is 15.0. The van der Waals surface area contributed by atoms with Crippen molar-refractivity contribution in [2.45, 2.75) is 32.4 Å². The molecule has 0 spiro atoms. The standard InChI is InChI=1S/C15H17N4O2/c1-9(2)13(12-7-16-3-4-18-12)14-11-6-17-5-10(11)8-19(14)15(20)21/h3-7,13-14,17H,8H2,1-2H3,(H,20,21). The summed E-state index contributed by atoms with van der Waals surface area (Å²) < 4.78 is 0. The first-order valence-electron chi connectivity index (χ1n) is 6.80. The van der Waals surface area contributed by atoms with Crippen LogP contribution < -0.4 is 0 Å². The van der Waals surface area contributed by atoms with E-state index in [2.05, 4.69) is 15.0 Å². The van der Waals surface area contributed by atoms with Crippen LogP contribution in [0.2, 0.25) is 0 Å². The average molecular weight is 285 g/mol. The summed E-state index contributed by atoms with van der Waals surface area (Å²) in [6, 6.07) is -0.259. The lowest BCUT2D eigenvalue weighted by atomic mass is 9.83. The molecule has 109 valence electrons. The molecule has 0 aliphatic carbocycles. The molecule has 2 aromatic heterocycles. The van der Waals surface area contributed by atoms with E-state index < -0.39 is 6.09 Å². The molecular formula is C15H17N4O2. The maximum Gasteiger partial charge on any atom is 0.408 e. The molecular weight excluding hydrogens is 268 g/mol. The minimum absolute atomic E-state index is 0.105. The summed E-state index contributed by atoms with van der Waals surface area (Å²) in [6.07, 6.45) is 7.81. The van der Waals surface area contributed by atoms with Crippen LogP contribution in [0.1, 0.15) is 42.6 Å². The second-order valence-electron chi connectivity index (χ2n) is 5.48. The predicted octanol–water partition coefficient (Wildman–Crippen LogP) is 2.74. The molecule has 2 atom stereocenters. The van der Waals surface area contributed by atoms with E-state index in [1.165, 1.54) is 4.90 Å². The summed E-state index contributed by atoms with van der Waals surface area (Å²) in [7, 11) is 0. The van der Waals surface area contributed by atoms with Gasteiger partial charge in [0.1, 0.15) is 0 Å². The van der Waals surface area contributed by atoms with Crippen LogP contribution in [0.5, 0.6) is 0 Å². The SMILES string of the molecule is C[C](C)C(c1cnccn1)C1c2c[nH]cc2CN1C(=O)O. The number of hydrogen-bond donors (Lipinski definition) is 2. The Bertz CT molecular complexity index is 638. The van der Waals surface area contributed by atoms with Gasteiger partial charge in [0.05, 0.1) is 18.3 Å². The zero-order valence-electron chi connectivity index (χ0n) is 11.9. The first-order valence-corrected chi connectivity index (χ1v) is 6.80. The van der Waals surface area contributed by atoms with Gasteiger partial charge in [0, 0.05) is 36.9 Å². The molecule has 1 radical (unpaired) electrons. The van der Waals surface area contributed by atoms with Crippen molar-refractivity contribution in [2.75, 3.05) is 0 Å². The number of aromatic nitrogens is 3. The number of amides is 1. The number of H-pyrrole nitrogens is 1. The van der Waals surface area contributed by atoms with Gasteiger partial charge in [0.25, 0.3) is 0 Å². The van der Waals surface area contributed by atoms with Crippen molar-refractivity contribution in [3.8, 4) is 0 Å². The number of nitrogens with zero attached hydrogens (tertiary/aromatic N) is 3. The van der Waals surface area contributed by atoms with Crippen LogP contribution in [0.25, 0.3) is 0 Å². The Morgan fingerprint density at radius 2 is 2.24 bits per heavy atom. The van der Waals surface area contributed by atoms with Gasteiger partial charge in [-0.05, 0) is 17.0 Å². The largest absolute Gasteiger partial charge is 0.465 e. The number of aromatic amines is 1. The predicted molar refractivity (Wildman–Crippen MR) is 76.5 cm³/mol. The first kappa shape index (κ1) is 13.6. The molecule has 0 aromatic carbocycles. The molecule has 3 rings (SSSR count). The van der Waals surface area contributed by atoms with Gasteiger partial charge in [0.2, 0.25) is 0 Å². The minimum atomic E-state index is -0.911. The summed E-state index contributed by atoms with van der Waals surface area (Å²) in [5.74, 6) is 1.01. The number of fused-ring (bicyclic) bond motifs is 1. The molecule has 1 aliphatic heterocycles. The molecule has 0 bridgehead atoms. The Labute approximate surface area is 122 Å². The van der Waals surface area contributed by atoms with Gasteiger partial charge in [-0.25, -0.2) is 4.79 Å². The highest BCUT2D eigenvalue weighted by atomic mass is 16.4. The van der Waals surface area contributed by atoms with Crippen molar-refractivity contribution in [1.29, 1.82) is 0 Å². The van der Waals surface area contributed by atoms with Crippen LogP contribution in [0.3, 0.4) is 0 Å². The monoisotopic (exact) mass is 285 g/mol. The zero-order valence-corrected chi connectivity index (χ0v) is 11.9. The molecule has 0 saturated carbocycles. The molecule has 6 heteroatoms. The van der Waals surface area contributed by atoms with Gasteiger partial charge < -0.3 is 10.1 Å². The number of hydrogen-bond acceptors (Lipinski definition) is 3. The van der Waals surface area contributed by atoms with E-state index in [-0.39, 0.29) is 12.0 Å². The van der Waals surface area contributed by atoms with Crippen LogP contribution in [-0.4, -0.2) is 31.1 Å². The van der Waals surface area contributed by atoms with Gasteiger partial charge in [-0.15, -0.1) is 0 Å². The van der Waals surface area contributed by atoms with Gasteiger partial charge in [-0.1, -0.05) is 13.8 Å². The summed E-state index contributed by atoms with van der Waals surface area (Å²) in [6.45, 7) is 4.41. The van der Waals surface area contributed by atoms with E-state index in [1.54, 1.807) is 18.6 Å². The van der Waals surface area contributed by atoms with E-state index >= 15 is 0 Å². The summed E-state index contributed by atoms with van der Waals surface area (Å²) in [4.78, 5) is 24.7. The van der Waals surface area contributed by atoms with Crippen molar-refractivity contribution in [3.63, 3.8) is 0 Å². The first-order chi connectivity index (χ1) is 10.1. The van der Waals surface area contributed by atoms with E-state index in [0.717, 1.165) is 22.7 Å². The highest BCUT2D eigenvalue weighted by Crippen LogP contribution is 2.46. The molecule has 0 fully saturated rings. The van der Waals surface area contributed by atoms with Crippen molar-refractivity contribution < 1.29 is 9.90 Å². The molecule has 21 heavy (non-hydrogen) atoms. The third-order valence-corrected chi connectivity index (χ3v) is 3.95. The number of rotatable bonds is 3. The Morgan fingerprint density at radius 1 is 1.43 bits per heavy atom. The number of carboxylic acid groups (broad SMARTS) is 1. The lowest BCUT2D eigenvalue weighted by Crippen LogP contribution is -2.33. The van der Waals surface area contributed by atoms with Gasteiger partial charge in [-0.3, -0.25) is 14.9 Å².